The van der Waals surface area contributed by atoms with Crippen molar-refractivity contribution in [3.63, 3.8) is 0 Å². The summed E-state index contributed by atoms with van der Waals surface area (Å²) in [5, 5.41) is 1.45. The molecule has 3 heterocycles. The third-order valence-electron chi connectivity index (χ3n) is 5.25. The highest BCUT2D eigenvalue weighted by molar-refractivity contribution is 5.85. The van der Waals surface area contributed by atoms with Crippen LogP contribution in [-0.2, 0) is 12.0 Å². The molecule has 0 amide bonds. The second-order valence-corrected chi connectivity index (χ2v) is 6.35. The molecule has 100 valence electrons. The molecule has 2 aromatic rings. The van der Waals surface area contributed by atoms with Crippen LogP contribution < -0.4 is 0 Å². The number of nitrogens with one attached hydrogen (secondary N) is 1. The van der Waals surface area contributed by atoms with E-state index in [0.717, 1.165) is 0 Å². The van der Waals surface area contributed by atoms with Crippen LogP contribution in [-0.4, -0.2) is 23.0 Å². The maximum Gasteiger partial charge on any atom is 0.0586 e. The number of aromatic nitrogens is 1. The van der Waals surface area contributed by atoms with Crippen molar-refractivity contribution in [3.05, 3.63) is 35.5 Å². The Balaban J connectivity index is 1.95. The first-order valence-electron chi connectivity index (χ1n) is 7.64. The molecule has 0 spiro atoms. The summed E-state index contributed by atoms with van der Waals surface area (Å²) < 4.78 is 0. The summed E-state index contributed by atoms with van der Waals surface area (Å²) >= 11 is 0. The number of hydrogen-bond donors (Lipinski definition) is 1. The molecule has 0 unspecified atom stereocenters. The summed E-state index contributed by atoms with van der Waals surface area (Å²) in [6.45, 7) is 4.98. The highest BCUT2D eigenvalue weighted by Crippen LogP contribution is 2.42. The largest absolute Gasteiger partial charge is 0.357 e. The Morgan fingerprint density at radius 1 is 1.11 bits per heavy atom. The van der Waals surface area contributed by atoms with Gasteiger partial charge in [0.15, 0.2) is 0 Å². The van der Waals surface area contributed by atoms with Crippen LogP contribution in [0, 0.1) is 0 Å². The van der Waals surface area contributed by atoms with Crippen LogP contribution in [0.15, 0.2) is 24.3 Å². The average molecular weight is 254 g/mol. The van der Waals surface area contributed by atoms with Crippen molar-refractivity contribution in [2.75, 3.05) is 13.1 Å². The molecule has 4 rings (SSSR count). The summed E-state index contributed by atoms with van der Waals surface area (Å²) in [5.41, 5.74) is 4.65. The Bertz CT molecular complexity index is 613. The minimum Gasteiger partial charge on any atom is -0.357 e. The van der Waals surface area contributed by atoms with E-state index in [2.05, 4.69) is 41.1 Å². The molecule has 2 aliphatic heterocycles. The van der Waals surface area contributed by atoms with Crippen molar-refractivity contribution >= 4 is 10.9 Å². The molecular weight excluding hydrogens is 232 g/mol. The highest BCUT2D eigenvalue weighted by Gasteiger charge is 2.40. The molecule has 0 saturated carbocycles. The molecule has 2 heteroatoms. The van der Waals surface area contributed by atoms with Crippen LogP contribution in [0.25, 0.3) is 10.9 Å². The molecule has 2 nitrogen and oxygen atoms in total. The number of hydrogen-bond acceptors (Lipinski definition) is 1. The molecule has 1 aromatic heterocycles. The molecule has 19 heavy (non-hydrogen) atoms. The van der Waals surface area contributed by atoms with E-state index in [4.69, 9.17) is 0 Å². The summed E-state index contributed by atoms with van der Waals surface area (Å²) in [7, 11) is 0. The molecule has 1 fully saturated rings. The van der Waals surface area contributed by atoms with Crippen LogP contribution in [0.1, 0.15) is 43.9 Å². The van der Waals surface area contributed by atoms with Crippen LogP contribution in [0.5, 0.6) is 0 Å². The van der Waals surface area contributed by atoms with Gasteiger partial charge >= 0.3 is 0 Å². The van der Waals surface area contributed by atoms with Gasteiger partial charge in [0.1, 0.15) is 0 Å². The maximum absolute atomic E-state index is 3.75. The number of rotatable bonds is 0. The zero-order chi connectivity index (χ0) is 12.9. The first-order chi connectivity index (χ1) is 9.29. The number of nitrogens with zero attached hydrogens (tertiary/aromatic N) is 1. The molecule has 1 atom stereocenters. The van der Waals surface area contributed by atoms with Gasteiger partial charge in [-0.2, -0.15) is 0 Å². The van der Waals surface area contributed by atoms with Gasteiger partial charge in [0.05, 0.1) is 5.54 Å². The third kappa shape index (κ3) is 1.59. The second kappa shape index (κ2) is 4.11. The van der Waals surface area contributed by atoms with Crippen LogP contribution in [0.2, 0.25) is 0 Å². The molecule has 0 radical (unpaired) electrons. The second-order valence-electron chi connectivity index (χ2n) is 6.35. The SMILES string of the molecule is C[C@]12CCCCN1CCCc1c2[nH]c2ccccc12. The summed E-state index contributed by atoms with van der Waals surface area (Å²) in [4.78, 5) is 6.47. The van der Waals surface area contributed by atoms with E-state index >= 15 is 0 Å². The minimum atomic E-state index is 0.239. The van der Waals surface area contributed by atoms with Gasteiger partial charge in [0, 0.05) is 16.6 Å². The predicted octanol–water partition coefficient (Wildman–Crippen LogP) is 3.82. The van der Waals surface area contributed by atoms with E-state index in [-0.39, 0.29) is 5.54 Å². The number of benzene rings is 1. The van der Waals surface area contributed by atoms with E-state index in [1.165, 1.54) is 61.8 Å². The number of aryl methyl sites for hydroxylation is 1. The fourth-order valence-electron chi connectivity index (χ4n) is 4.18. The lowest BCUT2D eigenvalue weighted by atomic mass is 9.84. The van der Waals surface area contributed by atoms with Gasteiger partial charge in [-0.25, -0.2) is 0 Å². The number of H-pyrrole nitrogens is 1. The first kappa shape index (κ1) is 11.5. The van der Waals surface area contributed by atoms with Gasteiger partial charge in [-0.3, -0.25) is 4.90 Å². The summed E-state index contributed by atoms with van der Waals surface area (Å²) in [6.07, 6.45) is 6.55. The normalized spacial score (nSPS) is 27.8. The number of para-hydroxylation sites is 1. The monoisotopic (exact) mass is 254 g/mol. The van der Waals surface area contributed by atoms with E-state index in [9.17, 15) is 0 Å². The number of piperidine rings is 1. The van der Waals surface area contributed by atoms with Gasteiger partial charge in [0.25, 0.3) is 0 Å². The van der Waals surface area contributed by atoms with Gasteiger partial charge in [-0.05, 0) is 63.7 Å². The van der Waals surface area contributed by atoms with Crippen molar-refractivity contribution < 1.29 is 0 Å². The van der Waals surface area contributed by atoms with Gasteiger partial charge < -0.3 is 4.98 Å². The van der Waals surface area contributed by atoms with Crippen molar-refractivity contribution in [1.29, 1.82) is 0 Å². The van der Waals surface area contributed by atoms with E-state index in [0.29, 0.717) is 0 Å². The van der Waals surface area contributed by atoms with Gasteiger partial charge in [0.2, 0.25) is 0 Å². The lowest BCUT2D eigenvalue weighted by Crippen LogP contribution is -2.47. The third-order valence-corrected chi connectivity index (χ3v) is 5.25. The van der Waals surface area contributed by atoms with Crippen LogP contribution in [0.4, 0.5) is 0 Å². The average Bonchev–Trinajstić information content (AvgIpc) is 2.74. The van der Waals surface area contributed by atoms with Crippen LogP contribution >= 0.6 is 0 Å². The van der Waals surface area contributed by atoms with E-state index in [1.807, 2.05) is 0 Å². The Labute approximate surface area is 114 Å². The zero-order valence-electron chi connectivity index (χ0n) is 11.7. The molecular formula is C17H22N2. The van der Waals surface area contributed by atoms with Crippen molar-refractivity contribution in [2.24, 2.45) is 0 Å². The molecule has 0 aliphatic carbocycles. The number of aromatic amines is 1. The van der Waals surface area contributed by atoms with Gasteiger partial charge in [-0.1, -0.05) is 18.2 Å². The highest BCUT2D eigenvalue weighted by atomic mass is 15.2. The Morgan fingerprint density at radius 3 is 2.89 bits per heavy atom. The van der Waals surface area contributed by atoms with Crippen molar-refractivity contribution in [2.45, 2.75) is 44.6 Å². The smallest absolute Gasteiger partial charge is 0.0586 e. The topological polar surface area (TPSA) is 19.0 Å². The van der Waals surface area contributed by atoms with Crippen molar-refractivity contribution in [3.8, 4) is 0 Å². The Morgan fingerprint density at radius 2 is 1.95 bits per heavy atom. The van der Waals surface area contributed by atoms with Crippen molar-refractivity contribution in [1.82, 2.24) is 9.88 Å². The summed E-state index contributed by atoms with van der Waals surface area (Å²) in [6, 6.07) is 8.81. The van der Waals surface area contributed by atoms with E-state index < -0.39 is 0 Å². The van der Waals surface area contributed by atoms with Crippen LogP contribution in [0.3, 0.4) is 0 Å². The quantitative estimate of drug-likeness (QED) is 0.757. The predicted molar refractivity (Wildman–Crippen MR) is 79.4 cm³/mol. The zero-order valence-corrected chi connectivity index (χ0v) is 11.7. The number of fused-ring (bicyclic) bond motifs is 5. The minimum absolute atomic E-state index is 0.239. The molecule has 1 saturated heterocycles. The summed E-state index contributed by atoms with van der Waals surface area (Å²) in [5.74, 6) is 0. The maximum atomic E-state index is 3.75. The van der Waals surface area contributed by atoms with E-state index in [1.54, 1.807) is 5.56 Å². The first-order valence-corrected chi connectivity index (χ1v) is 7.64. The lowest BCUT2D eigenvalue weighted by molar-refractivity contribution is 0.0596. The van der Waals surface area contributed by atoms with Gasteiger partial charge in [-0.15, -0.1) is 0 Å². The Hall–Kier alpha value is -1.28. The standard InChI is InChI=1S/C17H22N2/c1-17-10-4-5-11-19(17)12-6-8-14-13-7-2-3-9-15(13)18-16(14)17/h2-3,7,9,18H,4-6,8,10-12H2,1H3/t17-/m1/s1. The lowest BCUT2D eigenvalue weighted by Gasteiger charge is -2.44. The fraction of sp³-hybridized carbons (Fsp3) is 0.529. The fourth-order valence-corrected chi connectivity index (χ4v) is 4.18. The molecule has 2 aliphatic rings. The molecule has 1 N–H and O–H groups in total. The Kier molecular flexibility index (Phi) is 2.49. The molecule has 0 bridgehead atoms. The molecule has 1 aromatic carbocycles.